The van der Waals surface area contributed by atoms with E-state index in [2.05, 4.69) is 9.97 Å². The molecular formula is C9H12N4O3. The predicted molar refractivity (Wildman–Crippen MR) is 53.7 cm³/mol. The van der Waals surface area contributed by atoms with E-state index in [0.717, 1.165) is 0 Å². The number of carbonyl (C=O) groups excluding carboxylic acids is 1. The summed E-state index contributed by atoms with van der Waals surface area (Å²) in [6, 6.07) is 0. The van der Waals surface area contributed by atoms with Crippen molar-refractivity contribution in [3.8, 4) is 0 Å². The number of nitrogens with zero attached hydrogens (tertiary/aromatic N) is 2. The van der Waals surface area contributed by atoms with Crippen molar-refractivity contribution in [2.75, 3.05) is 13.1 Å². The molecule has 0 aliphatic carbocycles. The summed E-state index contributed by atoms with van der Waals surface area (Å²) in [6.45, 7) is 0.376. The summed E-state index contributed by atoms with van der Waals surface area (Å²) in [5, 5.41) is 8.92. The monoisotopic (exact) mass is 224 g/mol. The lowest BCUT2D eigenvalue weighted by Crippen LogP contribution is -2.50. The van der Waals surface area contributed by atoms with Crippen LogP contribution in [0.2, 0.25) is 0 Å². The molecule has 1 aromatic rings. The number of likely N-dealkylation sites (tertiary alicyclic amines) is 1. The van der Waals surface area contributed by atoms with Crippen molar-refractivity contribution < 1.29 is 14.7 Å². The van der Waals surface area contributed by atoms with Crippen molar-refractivity contribution in [1.29, 1.82) is 0 Å². The first-order valence-corrected chi connectivity index (χ1v) is 4.83. The van der Waals surface area contributed by atoms with Gasteiger partial charge in [0.25, 0.3) is 5.91 Å². The number of aromatic nitrogens is 2. The van der Waals surface area contributed by atoms with Crippen molar-refractivity contribution >= 4 is 11.9 Å². The fraction of sp³-hybridized carbons (Fsp3) is 0.444. The van der Waals surface area contributed by atoms with Gasteiger partial charge in [0.05, 0.1) is 12.5 Å². The lowest BCUT2D eigenvalue weighted by molar-refractivity contribution is -0.142. The van der Waals surface area contributed by atoms with Crippen LogP contribution in [0.1, 0.15) is 16.9 Å². The summed E-state index contributed by atoms with van der Waals surface area (Å²) in [5.41, 5.74) is 4.68. The van der Waals surface area contributed by atoms with Crippen LogP contribution in [0.15, 0.2) is 12.5 Å². The zero-order valence-electron chi connectivity index (χ0n) is 8.51. The van der Waals surface area contributed by atoms with Gasteiger partial charge in [-0.05, 0) is 6.42 Å². The molecule has 4 N–H and O–H groups in total. The van der Waals surface area contributed by atoms with E-state index in [0.29, 0.717) is 12.2 Å². The van der Waals surface area contributed by atoms with E-state index < -0.39 is 11.5 Å². The topological polar surface area (TPSA) is 112 Å². The van der Waals surface area contributed by atoms with Crippen molar-refractivity contribution in [1.82, 2.24) is 14.9 Å². The average molecular weight is 224 g/mol. The van der Waals surface area contributed by atoms with Crippen molar-refractivity contribution in [3.05, 3.63) is 18.2 Å². The first kappa shape index (κ1) is 10.6. The lowest BCUT2D eigenvalue weighted by Gasteiger charge is -2.19. The highest BCUT2D eigenvalue weighted by Gasteiger charge is 2.43. The van der Waals surface area contributed by atoms with Gasteiger partial charge < -0.3 is 20.7 Å². The highest BCUT2D eigenvalue weighted by molar-refractivity contribution is 5.93. The number of carboxylic acid groups (broad SMARTS) is 1. The summed E-state index contributed by atoms with van der Waals surface area (Å²) < 4.78 is 0. The van der Waals surface area contributed by atoms with Gasteiger partial charge >= 0.3 is 5.97 Å². The van der Waals surface area contributed by atoms with Crippen LogP contribution < -0.4 is 5.73 Å². The number of amides is 1. The quantitative estimate of drug-likeness (QED) is 0.598. The molecule has 1 amide bonds. The number of carboxylic acids is 1. The number of nitrogens with one attached hydrogen (secondary N) is 1. The third kappa shape index (κ3) is 1.65. The molecule has 86 valence electrons. The number of imidazole rings is 1. The maximum absolute atomic E-state index is 11.8. The molecule has 2 heterocycles. The Bertz CT molecular complexity index is 416. The number of hydrogen-bond acceptors (Lipinski definition) is 4. The smallest absolute Gasteiger partial charge is 0.325 e. The minimum atomic E-state index is -1.32. The third-order valence-corrected chi connectivity index (χ3v) is 2.74. The van der Waals surface area contributed by atoms with Crippen LogP contribution in [0.4, 0.5) is 0 Å². The number of nitrogens with two attached hydrogens (primary N) is 1. The second-order valence-corrected chi connectivity index (χ2v) is 3.90. The Kier molecular flexibility index (Phi) is 2.39. The van der Waals surface area contributed by atoms with Gasteiger partial charge in [0, 0.05) is 13.1 Å². The summed E-state index contributed by atoms with van der Waals surface area (Å²) >= 11 is 0. The number of aromatic amines is 1. The molecule has 0 bridgehead atoms. The van der Waals surface area contributed by atoms with Gasteiger partial charge in [-0.25, -0.2) is 4.98 Å². The van der Waals surface area contributed by atoms with Crippen molar-refractivity contribution in [3.63, 3.8) is 0 Å². The molecule has 1 aromatic heterocycles. The minimum absolute atomic E-state index is 0.0280. The van der Waals surface area contributed by atoms with Gasteiger partial charge in [-0.2, -0.15) is 0 Å². The standard InChI is InChI=1S/C9H12N4O3/c10-9(8(15)16)1-2-13(4-9)7(14)6-3-11-5-12-6/h3,5H,1-2,4,10H2,(H,11,12)(H,15,16). The molecule has 0 spiro atoms. The number of aliphatic carboxylic acids is 1. The highest BCUT2D eigenvalue weighted by atomic mass is 16.4. The minimum Gasteiger partial charge on any atom is -0.480 e. The van der Waals surface area contributed by atoms with Crippen LogP contribution in [-0.2, 0) is 4.79 Å². The zero-order chi connectivity index (χ0) is 11.8. The number of H-pyrrole nitrogens is 1. The number of rotatable bonds is 2. The molecule has 16 heavy (non-hydrogen) atoms. The molecule has 1 aliphatic heterocycles. The Balaban J connectivity index is 2.10. The first-order chi connectivity index (χ1) is 7.53. The molecule has 0 saturated carbocycles. The van der Waals surface area contributed by atoms with Crippen LogP contribution in [0.3, 0.4) is 0 Å². The molecule has 7 heteroatoms. The molecule has 7 nitrogen and oxygen atoms in total. The van der Waals surface area contributed by atoms with Crippen LogP contribution >= 0.6 is 0 Å². The van der Waals surface area contributed by atoms with Crippen LogP contribution in [0.5, 0.6) is 0 Å². The van der Waals surface area contributed by atoms with Crippen LogP contribution in [0, 0.1) is 0 Å². The second kappa shape index (κ2) is 3.60. The fourth-order valence-electron chi connectivity index (χ4n) is 1.72. The maximum Gasteiger partial charge on any atom is 0.325 e. The Morgan fingerprint density at radius 2 is 2.38 bits per heavy atom. The Hall–Kier alpha value is -1.89. The second-order valence-electron chi connectivity index (χ2n) is 3.90. The largest absolute Gasteiger partial charge is 0.480 e. The average Bonchev–Trinajstić information content (AvgIpc) is 2.85. The predicted octanol–water partition coefficient (Wildman–Crippen LogP) is -0.962. The van der Waals surface area contributed by atoms with Crippen LogP contribution in [0.25, 0.3) is 0 Å². The SMILES string of the molecule is NC1(C(=O)O)CCN(C(=O)c2cnc[nH]2)C1. The molecule has 1 saturated heterocycles. The zero-order valence-corrected chi connectivity index (χ0v) is 8.51. The third-order valence-electron chi connectivity index (χ3n) is 2.74. The van der Waals surface area contributed by atoms with Gasteiger partial charge in [-0.1, -0.05) is 0 Å². The highest BCUT2D eigenvalue weighted by Crippen LogP contribution is 2.20. The molecule has 1 unspecified atom stereocenters. The van der Waals surface area contributed by atoms with E-state index in [1.165, 1.54) is 17.4 Å². The van der Waals surface area contributed by atoms with E-state index in [9.17, 15) is 9.59 Å². The summed E-state index contributed by atoms with van der Waals surface area (Å²) in [5.74, 6) is -1.35. The van der Waals surface area contributed by atoms with Gasteiger partial charge in [0.15, 0.2) is 0 Å². The Morgan fingerprint density at radius 3 is 2.88 bits per heavy atom. The molecular weight excluding hydrogens is 212 g/mol. The summed E-state index contributed by atoms with van der Waals surface area (Å²) in [6.07, 6.45) is 3.07. The number of carbonyl (C=O) groups is 2. The van der Waals surface area contributed by atoms with E-state index >= 15 is 0 Å². The van der Waals surface area contributed by atoms with E-state index in [4.69, 9.17) is 10.8 Å². The maximum atomic E-state index is 11.8. The molecule has 1 fully saturated rings. The molecule has 0 radical (unpaired) electrons. The molecule has 2 rings (SSSR count). The Labute approximate surface area is 91.3 Å². The van der Waals surface area contributed by atoms with Crippen molar-refractivity contribution in [2.45, 2.75) is 12.0 Å². The van der Waals surface area contributed by atoms with E-state index in [-0.39, 0.29) is 18.9 Å². The molecule has 1 atom stereocenters. The summed E-state index contributed by atoms with van der Waals surface area (Å²) in [7, 11) is 0. The number of hydrogen-bond donors (Lipinski definition) is 3. The molecule has 0 aromatic carbocycles. The fourth-order valence-corrected chi connectivity index (χ4v) is 1.72. The van der Waals surface area contributed by atoms with Crippen molar-refractivity contribution in [2.24, 2.45) is 5.73 Å². The van der Waals surface area contributed by atoms with E-state index in [1.807, 2.05) is 0 Å². The Morgan fingerprint density at radius 1 is 1.62 bits per heavy atom. The van der Waals surface area contributed by atoms with Gasteiger partial charge in [0.1, 0.15) is 11.2 Å². The van der Waals surface area contributed by atoms with Gasteiger partial charge in [0.2, 0.25) is 0 Å². The van der Waals surface area contributed by atoms with Crippen LogP contribution in [-0.4, -0.2) is 50.5 Å². The summed E-state index contributed by atoms with van der Waals surface area (Å²) in [4.78, 5) is 30.6. The van der Waals surface area contributed by atoms with E-state index in [1.54, 1.807) is 0 Å². The normalized spacial score (nSPS) is 24.7. The molecule has 1 aliphatic rings. The van der Waals surface area contributed by atoms with Gasteiger partial charge in [-0.3, -0.25) is 9.59 Å². The first-order valence-electron chi connectivity index (χ1n) is 4.83. The lowest BCUT2D eigenvalue weighted by atomic mass is 10.0. The van der Waals surface area contributed by atoms with Gasteiger partial charge in [-0.15, -0.1) is 0 Å².